The monoisotopic (exact) mass is 826 g/mol. The lowest BCUT2D eigenvalue weighted by atomic mass is 9.67. The third-order valence-electron chi connectivity index (χ3n) is 13.8. The average Bonchev–Trinajstić information content (AvgIpc) is 3.87. The molecule has 2 nitrogen and oxygen atoms in total. The van der Waals surface area contributed by atoms with Gasteiger partial charge in [0.25, 0.3) is 0 Å². The van der Waals surface area contributed by atoms with Crippen LogP contribution in [0.3, 0.4) is 0 Å². The molecule has 0 spiro atoms. The molecule has 304 valence electrons. The van der Waals surface area contributed by atoms with Crippen molar-refractivity contribution in [3.63, 3.8) is 0 Å². The van der Waals surface area contributed by atoms with Crippen LogP contribution in [0, 0.1) is 0 Å². The van der Waals surface area contributed by atoms with Gasteiger partial charge < -0.3 is 9.47 Å². The summed E-state index contributed by atoms with van der Waals surface area (Å²) in [5.74, 6) is 0. The van der Waals surface area contributed by atoms with E-state index in [9.17, 15) is 0 Å². The summed E-state index contributed by atoms with van der Waals surface area (Å²) in [4.78, 5) is 2.40. The molecule has 0 saturated carbocycles. The number of rotatable bonds is 7. The Bertz CT molecular complexity index is 3720. The van der Waals surface area contributed by atoms with E-state index in [0.717, 1.165) is 22.7 Å². The van der Waals surface area contributed by atoms with Crippen molar-refractivity contribution < 1.29 is 0 Å². The maximum Gasteiger partial charge on any atom is 0.0714 e. The summed E-state index contributed by atoms with van der Waals surface area (Å²) in [6, 6.07) is 93.8. The minimum absolute atomic E-state index is 0.472. The van der Waals surface area contributed by atoms with Crippen LogP contribution in [0.1, 0.15) is 22.3 Å². The molecule has 0 aliphatic heterocycles. The first-order valence-electron chi connectivity index (χ1n) is 22.5. The minimum atomic E-state index is -0.472. The van der Waals surface area contributed by atoms with Crippen molar-refractivity contribution in [2.24, 2.45) is 0 Å². The number of anilines is 3. The quantitative estimate of drug-likeness (QED) is 0.155. The molecule has 1 aliphatic rings. The highest BCUT2D eigenvalue weighted by molar-refractivity contribution is 6.11. The zero-order valence-corrected chi connectivity index (χ0v) is 35.6. The van der Waals surface area contributed by atoms with Gasteiger partial charge in [0.1, 0.15) is 0 Å². The van der Waals surface area contributed by atoms with Crippen LogP contribution < -0.4 is 4.90 Å². The maximum absolute atomic E-state index is 2.47. The van der Waals surface area contributed by atoms with Crippen LogP contribution in [0.4, 0.5) is 17.1 Å². The van der Waals surface area contributed by atoms with Crippen LogP contribution in [-0.4, -0.2) is 4.57 Å². The molecule has 2 heteroatoms. The molecule has 0 radical (unpaired) electrons. The molecular formula is C63H42N2. The Morgan fingerprint density at radius 3 is 1.72 bits per heavy atom. The SMILES string of the molecule is c1ccc(C2(c3ccccc3)c3ccccc3-c3ccc(-n4c5ccccc5c5cc(-c6ccc(N(c7ccc8ccccc8c7)c7cccc8ccccc78)cc6)ccc54)cc32)cc1. The zero-order valence-electron chi connectivity index (χ0n) is 35.6. The van der Waals surface area contributed by atoms with Gasteiger partial charge in [0.2, 0.25) is 0 Å². The Labute approximate surface area is 378 Å². The Hall–Kier alpha value is -8.46. The van der Waals surface area contributed by atoms with Crippen LogP contribution in [-0.2, 0) is 5.41 Å². The largest absolute Gasteiger partial charge is 0.310 e. The number of hydrogen-bond acceptors (Lipinski definition) is 1. The third kappa shape index (κ3) is 5.74. The van der Waals surface area contributed by atoms with E-state index in [1.165, 1.54) is 87.9 Å². The second-order valence-electron chi connectivity index (χ2n) is 17.3. The van der Waals surface area contributed by atoms with E-state index in [4.69, 9.17) is 0 Å². The van der Waals surface area contributed by atoms with Gasteiger partial charge in [0.05, 0.1) is 22.1 Å². The molecule has 11 aromatic carbocycles. The standard InChI is InChI=1S/C63H42N2/c1-3-20-48(21-4-1)63(49-22-5-2-6-23-49)58-27-13-11-25-54(58)55-38-37-52(42-59(55)63)65-61-28-14-12-26-56(61)57-41-47(33-39-62(57)65)44-30-34-50(35-31-44)64(51-36-32-43-16-7-8-18-46(43)40-51)60-29-15-19-45-17-9-10-24-53(45)60/h1-42H. The lowest BCUT2D eigenvalue weighted by Gasteiger charge is -2.34. The highest BCUT2D eigenvalue weighted by Gasteiger charge is 2.46. The molecule has 1 aliphatic carbocycles. The first-order chi connectivity index (χ1) is 32.2. The Kier molecular flexibility index (Phi) is 8.47. The molecule has 0 N–H and O–H groups in total. The summed E-state index contributed by atoms with van der Waals surface area (Å²) in [5.41, 5.74) is 16.5. The van der Waals surface area contributed by atoms with Gasteiger partial charge in [-0.1, -0.05) is 194 Å². The normalized spacial score (nSPS) is 12.7. The fraction of sp³-hybridized carbons (Fsp3) is 0.0159. The van der Waals surface area contributed by atoms with Crippen molar-refractivity contribution >= 4 is 60.4 Å². The molecule has 0 atom stereocenters. The summed E-state index contributed by atoms with van der Waals surface area (Å²) < 4.78 is 2.47. The Balaban J connectivity index is 0.945. The number of fused-ring (bicyclic) bond motifs is 8. The smallest absolute Gasteiger partial charge is 0.0714 e. The molecule has 1 heterocycles. The Morgan fingerprint density at radius 2 is 0.923 bits per heavy atom. The molecular weight excluding hydrogens is 785 g/mol. The van der Waals surface area contributed by atoms with Crippen LogP contribution in [0.15, 0.2) is 255 Å². The summed E-state index contributed by atoms with van der Waals surface area (Å²) in [6.07, 6.45) is 0. The fourth-order valence-corrected chi connectivity index (χ4v) is 11.0. The minimum Gasteiger partial charge on any atom is -0.310 e. The lowest BCUT2D eigenvalue weighted by molar-refractivity contribution is 0.767. The van der Waals surface area contributed by atoms with Crippen molar-refractivity contribution in [1.82, 2.24) is 4.57 Å². The second-order valence-corrected chi connectivity index (χ2v) is 17.3. The van der Waals surface area contributed by atoms with Gasteiger partial charge >= 0.3 is 0 Å². The summed E-state index contributed by atoms with van der Waals surface area (Å²) in [7, 11) is 0. The van der Waals surface area contributed by atoms with Gasteiger partial charge in [-0.05, 0) is 121 Å². The molecule has 0 saturated heterocycles. The molecule has 0 amide bonds. The van der Waals surface area contributed by atoms with E-state index in [2.05, 4.69) is 264 Å². The highest BCUT2D eigenvalue weighted by Crippen LogP contribution is 2.56. The van der Waals surface area contributed by atoms with E-state index in [1.54, 1.807) is 0 Å². The molecule has 12 aromatic rings. The van der Waals surface area contributed by atoms with E-state index >= 15 is 0 Å². The predicted molar refractivity (Wildman–Crippen MR) is 273 cm³/mol. The van der Waals surface area contributed by atoms with Gasteiger partial charge in [-0.25, -0.2) is 0 Å². The Morgan fingerprint density at radius 1 is 0.323 bits per heavy atom. The molecule has 0 bridgehead atoms. The summed E-state index contributed by atoms with van der Waals surface area (Å²) >= 11 is 0. The van der Waals surface area contributed by atoms with Crippen molar-refractivity contribution in [3.05, 3.63) is 277 Å². The second kappa shape index (κ2) is 14.8. The van der Waals surface area contributed by atoms with E-state index in [-0.39, 0.29) is 0 Å². The van der Waals surface area contributed by atoms with Gasteiger partial charge in [-0.15, -0.1) is 0 Å². The van der Waals surface area contributed by atoms with Crippen LogP contribution in [0.2, 0.25) is 0 Å². The number of benzene rings is 11. The fourth-order valence-electron chi connectivity index (χ4n) is 11.0. The van der Waals surface area contributed by atoms with E-state index in [0.29, 0.717) is 0 Å². The van der Waals surface area contributed by atoms with Crippen LogP contribution >= 0.6 is 0 Å². The average molecular weight is 827 g/mol. The van der Waals surface area contributed by atoms with E-state index < -0.39 is 5.41 Å². The van der Waals surface area contributed by atoms with Crippen molar-refractivity contribution in [1.29, 1.82) is 0 Å². The van der Waals surface area contributed by atoms with Gasteiger partial charge in [-0.2, -0.15) is 0 Å². The topological polar surface area (TPSA) is 8.17 Å². The zero-order chi connectivity index (χ0) is 42.9. The molecule has 65 heavy (non-hydrogen) atoms. The van der Waals surface area contributed by atoms with Crippen molar-refractivity contribution in [3.8, 4) is 27.9 Å². The molecule has 0 unspecified atom stereocenters. The lowest BCUT2D eigenvalue weighted by Crippen LogP contribution is -2.28. The van der Waals surface area contributed by atoms with Gasteiger partial charge in [-0.3, -0.25) is 0 Å². The van der Waals surface area contributed by atoms with Crippen molar-refractivity contribution in [2.45, 2.75) is 5.41 Å². The first kappa shape index (κ1) is 37.1. The van der Waals surface area contributed by atoms with E-state index in [1.807, 2.05) is 0 Å². The molecule has 0 fully saturated rings. The summed E-state index contributed by atoms with van der Waals surface area (Å²) in [6.45, 7) is 0. The highest BCUT2D eigenvalue weighted by atomic mass is 15.1. The summed E-state index contributed by atoms with van der Waals surface area (Å²) in [5, 5.41) is 7.35. The number of aromatic nitrogens is 1. The van der Waals surface area contributed by atoms with Crippen molar-refractivity contribution in [2.75, 3.05) is 4.90 Å². The maximum atomic E-state index is 2.47. The number of nitrogens with zero attached hydrogens (tertiary/aromatic N) is 2. The first-order valence-corrected chi connectivity index (χ1v) is 22.5. The van der Waals surface area contributed by atoms with Crippen LogP contribution in [0.5, 0.6) is 0 Å². The molecule has 13 rings (SSSR count). The van der Waals surface area contributed by atoms with Gasteiger partial charge in [0, 0.05) is 33.2 Å². The van der Waals surface area contributed by atoms with Gasteiger partial charge in [0.15, 0.2) is 0 Å². The third-order valence-corrected chi connectivity index (χ3v) is 13.8. The number of hydrogen-bond donors (Lipinski definition) is 0. The number of para-hydroxylation sites is 1. The predicted octanol–water partition coefficient (Wildman–Crippen LogP) is 16.6. The van der Waals surface area contributed by atoms with Crippen LogP contribution in [0.25, 0.3) is 71.3 Å². The molecule has 1 aromatic heterocycles.